The van der Waals surface area contributed by atoms with Crippen molar-refractivity contribution in [2.24, 2.45) is 0 Å². The molecule has 2 aromatic rings. The van der Waals surface area contributed by atoms with Crippen LogP contribution in [0.15, 0.2) is 24.5 Å². The van der Waals surface area contributed by atoms with E-state index >= 15 is 0 Å². The van der Waals surface area contributed by atoms with Gasteiger partial charge in [-0.2, -0.15) is 4.98 Å². The molecule has 2 fully saturated rings. The predicted molar refractivity (Wildman–Crippen MR) is 154 cm³/mol. The molecule has 214 valence electrons. The van der Waals surface area contributed by atoms with Gasteiger partial charge in [-0.1, -0.05) is 19.4 Å². The fourth-order valence-electron chi connectivity index (χ4n) is 4.91. The Hall–Kier alpha value is -2.98. The van der Waals surface area contributed by atoms with Crippen LogP contribution in [0.25, 0.3) is 11.3 Å². The largest absolute Gasteiger partial charge is 0.444 e. The van der Waals surface area contributed by atoms with Gasteiger partial charge < -0.3 is 25.4 Å². The number of anilines is 2. The summed E-state index contributed by atoms with van der Waals surface area (Å²) in [5.41, 5.74) is 2.35. The van der Waals surface area contributed by atoms with Crippen LogP contribution in [0.2, 0.25) is 0 Å². The average Bonchev–Trinajstić information content (AvgIpc) is 2.90. The van der Waals surface area contributed by atoms with Gasteiger partial charge in [0.05, 0.1) is 17.4 Å². The van der Waals surface area contributed by atoms with Crippen LogP contribution in [0.4, 0.5) is 16.6 Å². The molecule has 0 unspecified atom stereocenters. The summed E-state index contributed by atoms with van der Waals surface area (Å²) < 4.78 is 5.51. The van der Waals surface area contributed by atoms with Crippen molar-refractivity contribution in [1.29, 1.82) is 0 Å². The van der Waals surface area contributed by atoms with Crippen molar-refractivity contribution < 1.29 is 14.6 Å². The molecule has 1 saturated heterocycles. The van der Waals surface area contributed by atoms with Crippen LogP contribution >= 0.6 is 0 Å². The van der Waals surface area contributed by atoms with Gasteiger partial charge in [0.1, 0.15) is 11.4 Å². The van der Waals surface area contributed by atoms with Crippen molar-refractivity contribution >= 4 is 17.9 Å². The summed E-state index contributed by atoms with van der Waals surface area (Å²) in [6.07, 6.45) is 8.93. The van der Waals surface area contributed by atoms with Gasteiger partial charge in [0.25, 0.3) is 0 Å². The van der Waals surface area contributed by atoms with E-state index in [1.165, 1.54) is 0 Å². The quantitative estimate of drug-likeness (QED) is 0.396. The second kappa shape index (κ2) is 13.4. The summed E-state index contributed by atoms with van der Waals surface area (Å²) >= 11 is 0. The zero-order chi connectivity index (χ0) is 27.8. The van der Waals surface area contributed by atoms with E-state index in [0.29, 0.717) is 19.0 Å². The summed E-state index contributed by atoms with van der Waals surface area (Å²) in [4.78, 5) is 30.6. The van der Waals surface area contributed by atoms with Gasteiger partial charge >= 0.3 is 6.09 Å². The van der Waals surface area contributed by atoms with Gasteiger partial charge in [-0.25, -0.2) is 9.78 Å². The number of aliphatic hydroxyl groups is 1. The van der Waals surface area contributed by atoms with Crippen LogP contribution in [0.5, 0.6) is 0 Å². The number of amides is 1. The number of nitrogens with zero attached hydrogens (tertiary/aromatic N) is 5. The first-order valence-corrected chi connectivity index (χ1v) is 14.4. The standard InChI is InChI=1S/C29H45N7O3/c1-5-6-13-30-27-32-19-24(26(34-27)33-22-8-10-23(37)11-9-22)25-12-7-21(18-31-25)20-35-14-16-36(17-15-35)28(38)39-29(2,3)4/h7,12,18-19,22-23,37H,5-6,8-11,13-17,20H2,1-4H3,(H2,30,32,33,34)/t22-,23-. The SMILES string of the molecule is CCCCNc1ncc(-c2ccc(CN3CCN(C(=O)OC(C)(C)C)CC3)cn2)c(N[C@H]2CC[C@H](O)CC2)n1. The Balaban J connectivity index is 1.39. The van der Waals surface area contributed by atoms with Crippen LogP contribution in [-0.4, -0.2) is 86.4 Å². The highest BCUT2D eigenvalue weighted by atomic mass is 16.6. The van der Waals surface area contributed by atoms with Crippen molar-refractivity contribution in [2.45, 2.75) is 90.5 Å². The summed E-state index contributed by atoms with van der Waals surface area (Å²) in [7, 11) is 0. The maximum Gasteiger partial charge on any atom is 0.410 e. The molecule has 0 atom stereocenters. The number of unbranched alkanes of at least 4 members (excludes halogenated alkanes) is 1. The van der Waals surface area contributed by atoms with E-state index in [-0.39, 0.29) is 18.2 Å². The monoisotopic (exact) mass is 539 g/mol. The number of aliphatic hydroxyl groups excluding tert-OH is 1. The molecule has 10 nitrogen and oxygen atoms in total. The smallest absolute Gasteiger partial charge is 0.410 e. The molecule has 1 saturated carbocycles. The van der Waals surface area contributed by atoms with Gasteiger partial charge in [-0.05, 0) is 64.5 Å². The Labute approximate surface area is 232 Å². The molecule has 2 aliphatic rings. The maximum absolute atomic E-state index is 12.4. The molecule has 0 aromatic carbocycles. The summed E-state index contributed by atoms with van der Waals surface area (Å²) in [5, 5.41) is 16.8. The minimum Gasteiger partial charge on any atom is -0.444 e. The van der Waals surface area contributed by atoms with Crippen molar-refractivity contribution in [1.82, 2.24) is 24.8 Å². The van der Waals surface area contributed by atoms with Gasteiger partial charge in [0, 0.05) is 57.7 Å². The molecule has 2 aromatic heterocycles. The Morgan fingerprint density at radius 1 is 1.08 bits per heavy atom. The van der Waals surface area contributed by atoms with Crippen molar-refractivity contribution in [3.05, 3.63) is 30.1 Å². The molecule has 0 radical (unpaired) electrons. The van der Waals surface area contributed by atoms with Gasteiger partial charge in [-0.3, -0.25) is 9.88 Å². The molecule has 4 rings (SSSR count). The highest BCUT2D eigenvalue weighted by molar-refractivity contribution is 5.73. The first-order chi connectivity index (χ1) is 18.7. The zero-order valence-corrected chi connectivity index (χ0v) is 23.9. The lowest BCUT2D eigenvalue weighted by atomic mass is 9.93. The van der Waals surface area contributed by atoms with E-state index in [1.54, 1.807) is 4.90 Å². The third-order valence-electron chi connectivity index (χ3n) is 7.17. The van der Waals surface area contributed by atoms with Crippen LogP contribution in [0.3, 0.4) is 0 Å². The van der Waals surface area contributed by atoms with E-state index in [4.69, 9.17) is 14.7 Å². The Morgan fingerprint density at radius 2 is 1.82 bits per heavy atom. The molecular formula is C29H45N7O3. The second-order valence-corrected chi connectivity index (χ2v) is 11.7. The predicted octanol–water partition coefficient (Wildman–Crippen LogP) is 4.52. The lowest BCUT2D eigenvalue weighted by Gasteiger charge is -2.35. The fourth-order valence-corrected chi connectivity index (χ4v) is 4.91. The molecule has 3 N–H and O–H groups in total. The molecular weight excluding hydrogens is 494 g/mol. The van der Waals surface area contributed by atoms with E-state index < -0.39 is 5.60 Å². The molecule has 1 aliphatic carbocycles. The lowest BCUT2D eigenvalue weighted by molar-refractivity contribution is 0.0139. The van der Waals surface area contributed by atoms with Crippen LogP contribution in [0.1, 0.15) is 71.8 Å². The Kier molecular flexibility index (Phi) is 9.96. The van der Waals surface area contributed by atoms with Crippen molar-refractivity contribution in [3.63, 3.8) is 0 Å². The van der Waals surface area contributed by atoms with Gasteiger partial charge in [0.2, 0.25) is 5.95 Å². The minimum atomic E-state index is -0.479. The second-order valence-electron chi connectivity index (χ2n) is 11.7. The molecule has 0 bridgehead atoms. The summed E-state index contributed by atoms with van der Waals surface area (Å²) in [6, 6.07) is 4.41. The molecule has 10 heteroatoms. The lowest BCUT2D eigenvalue weighted by Crippen LogP contribution is -2.49. The zero-order valence-electron chi connectivity index (χ0n) is 23.9. The number of rotatable bonds is 9. The van der Waals surface area contributed by atoms with E-state index in [0.717, 1.165) is 87.3 Å². The van der Waals surface area contributed by atoms with Crippen LogP contribution in [0, 0.1) is 0 Å². The fraction of sp³-hybridized carbons (Fsp3) is 0.655. The molecule has 3 heterocycles. The first kappa shape index (κ1) is 29.0. The van der Waals surface area contributed by atoms with Crippen molar-refractivity contribution in [3.8, 4) is 11.3 Å². The molecule has 1 amide bonds. The number of nitrogens with one attached hydrogen (secondary N) is 2. The normalized spacial score (nSPS) is 20.5. The van der Waals surface area contributed by atoms with E-state index in [1.807, 2.05) is 39.2 Å². The van der Waals surface area contributed by atoms with Crippen molar-refractivity contribution in [2.75, 3.05) is 43.4 Å². The van der Waals surface area contributed by atoms with Crippen LogP contribution in [-0.2, 0) is 11.3 Å². The average molecular weight is 540 g/mol. The van der Waals surface area contributed by atoms with Crippen LogP contribution < -0.4 is 10.6 Å². The number of hydrogen-bond acceptors (Lipinski definition) is 9. The summed E-state index contributed by atoms with van der Waals surface area (Å²) in [5.74, 6) is 1.40. The first-order valence-electron chi connectivity index (χ1n) is 14.4. The van der Waals surface area contributed by atoms with Gasteiger partial charge in [-0.15, -0.1) is 0 Å². The number of hydrogen-bond donors (Lipinski definition) is 3. The minimum absolute atomic E-state index is 0.200. The van der Waals surface area contributed by atoms with E-state index in [2.05, 4.69) is 33.5 Å². The number of ether oxygens (including phenoxy) is 1. The van der Waals surface area contributed by atoms with Gasteiger partial charge in [0.15, 0.2) is 0 Å². The maximum atomic E-state index is 12.4. The highest BCUT2D eigenvalue weighted by Gasteiger charge is 2.26. The highest BCUT2D eigenvalue weighted by Crippen LogP contribution is 2.29. The molecule has 1 aliphatic heterocycles. The van der Waals surface area contributed by atoms with E-state index in [9.17, 15) is 9.90 Å². The Bertz CT molecular complexity index is 1060. The molecule has 39 heavy (non-hydrogen) atoms. The number of aromatic nitrogens is 3. The third kappa shape index (κ3) is 8.76. The topological polar surface area (TPSA) is 116 Å². The number of carbonyl (C=O) groups excluding carboxylic acids is 1. The number of carbonyl (C=O) groups is 1. The number of piperazine rings is 1. The summed E-state index contributed by atoms with van der Waals surface area (Å²) in [6.45, 7) is 12.4. The molecule has 0 spiro atoms. The number of pyridine rings is 1. The third-order valence-corrected chi connectivity index (χ3v) is 7.17. The Morgan fingerprint density at radius 3 is 2.46 bits per heavy atom.